The fraction of sp³-hybridized carbons (Fsp3) is 0.0667. The predicted octanol–water partition coefficient (Wildman–Crippen LogP) is 2.93. The van der Waals surface area contributed by atoms with Crippen molar-refractivity contribution in [2.75, 3.05) is 5.32 Å². The van der Waals surface area contributed by atoms with Crippen LogP contribution < -0.4 is 5.32 Å². The minimum absolute atomic E-state index is 0.174. The van der Waals surface area contributed by atoms with Crippen molar-refractivity contribution in [3.05, 3.63) is 66.2 Å². The lowest BCUT2D eigenvalue weighted by molar-refractivity contribution is -0.137. The third-order valence-corrected chi connectivity index (χ3v) is 3.08. The van der Waals surface area contributed by atoms with Crippen molar-refractivity contribution < 1.29 is 18.0 Å². The fourth-order valence-corrected chi connectivity index (χ4v) is 2.02. The van der Waals surface area contributed by atoms with E-state index in [9.17, 15) is 18.0 Å². The van der Waals surface area contributed by atoms with Gasteiger partial charge in [0.15, 0.2) is 0 Å². The highest BCUT2D eigenvalue weighted by Crippen LogP contribution is 2.32. The maximum atomic E-state index is 12.9. The first kappa shape index (κ1) is 15.7. The Bertz CT molecular complexity index is 844. The van der Waals surface area contributed by atoms with Gasteiger partial charge in [-0.25, -0.2) is 14.6 Å². The van der Waals surface area contributed by atoms with Crippen molar-refractivity contribution in [3.8, 4) is 5.95 Å². The van der Waals surface area contributed by atoms with E-state index >= 15 is 0 Å². The number of benzene rings is 1. The van der Waals surface area contributed by atoms with Gasteiger partial charge >= 0.3 is 6.18 Å². The van der Waals surface area contributed by atoms with Gasteiger partial charge in [-0.1, -0.05) is 12.1 Å². The lowest BCUT2D eigenvalue weighted by atomic mass is 10.1. The van der Waals surface area contributed by atoms with Crippen LogP contribution in [0, 0.1) is 0 Å². The summed E-state index contributed by atoms with van der Waals surface area (Å²) in [5.74, 6) is -0.618. The van der Waals surface area contributed by atoms with Crippen molar-refractivity contribution in [1.29, 1.82) is 0 Å². The molecule has 0 unspecified atom stereocenters. The number of amides is 1. The Balaban J connectivity index is 1.81. The summed E-state index contributed by atoms with van der Waals surface area (Å²) >= 11 is 0. The van der Waals surface area contributed by atoms with E-state index in [0.29, 0.717) is 0 Å². The molecule has 0 bridgehead atoms. The Morgan fingerprint density at radius 1 is 1.08 bits per heavy atom. The zero-order valence-electron chi connectivity index (χ0n) is 12.0. The fourth-order valence-electron chi connectivity index (χ4n) is 2.02. The minimum atomic E-state index is -4.62. The molecule has 0 radical (unpaired) electrons. The molecule has 0 aliphatic carbocycles. The zero-order valence-corrected chi connectivity index (χ0v) is 12.0. The van der Waals surface area contributed by atoms with Gasteiger partial charge in [0, 0.05) is 12.4 Å². The Morgan fingerprint density at radius 3 is 2.42 bits per heavy atom. The Hall–Kier alpha value is -3.23. The van der Waals surface area contributed by atoms with Crippen LogP contribution in [0.15, 0.2) is 55.1 Å². The van der Waals surface area contributed by atoms with Gasteiger partial charge in [0.2, 0.25) is 0 Å². The number of hydrogen-bond donors (Lipinski definition) is 1. The van der Waals surface area contributed by atoms with Crippen LogP contribution in [0.1, 0.15) is 15.9 Å². The first-order valence-corrected chi connectivity index (χ1v) is 6.75. The minimum Gasteiger partial charge on any atom is -0.319 e. The molecule has 0 saturated heterocycles. The van der Waals surface area contributed by atoms with E-state index in [2.05, 4.69) is 20.4 Å². The third kappa shape index (κ3) is 3.24. The number of carbonyl (C=O) groups excluding carboxylic acids is 1. The highest BCUT2D eigenvalue weighted by molar-refractivity contribution is 6.05. The lowest BCUT2D eigenvalue weighted by Crippen LogP contribution is -2.19. The maximum absolute atomic E-state index is 12.9. The number of halogens is 3. The summed E-state index contributed by atoms with van der Waals surface area (Å²) in [4.78, 5) is 20.1. The van der Waals surface area contributed by atoms with Crippen LogP contribution in [-0.2, 0) is 6.18 Å². The van der Waals surface area contributed by atoms with Crippen molar-refractivity contribution in [2.45, 2.75) is 6.18 Å². The molecule has 122 valence electrons. The lowest BCUT2D eigenvalue weighted by Gasteiger charge is -2.12. The maximum Gasteiger partial charge on any atom is 0.417 e. The van der Waals surface area contributed by atoms with E-state index in [-0.39, 0.29) is 11.6 Å². The van der Waals surface area contributed by atoms with Crippen molar-refractivity contribution in [3.63, 3.8) is 0 Å². The molecular weight excluding hydrogens is 323 g/mol. The molecule has 0 aliphatic heterocycles. The number of nitrogens with one attached hydrogen (secondary N) is 1. The first-order valence-electron chi connectivity index (χ1n) is 6.75. The van der Waals surface area contributed by atoms with Gasteiger partial charge in [-0.15, -0.1) is 0 Å². The molecule has 0 spiro atoms. The van der Waals surface area contributed by atoms with E-state index in [0.717, 1.165) is 12.1 Å². The number of hydrogen-bond acceptors (Lipinski definition) is 4. The molecule has 3 rings (SSSR count). The van der Waals surface area contributed by atoms with E-state index < -0.39 is 23.2 Å². The molecule has 0 aliphatic rings. The van der Waals surface area contributed by atoms with Crippen LogP contribution in [0.4, 0.5) is 18.9 Å². The summed E-state index contributed by atoms with van der Waals surface area (Å²) in [5, 5.41) is 6.29. The van der Waals surface area contributed by atoms with Gasteiger partial charge < -0.3 is 5.32 Å². The summed E-state index contributed by atoms with van der Waals surface area (Å²) in [5.41, 5.74) is -1.30. The Labute approximate surface area is 134 Å². The number of aromatic nitrogens is 4. The normalized spacial score (nSPS) is 11.3. The standard InChI is InChI=1S/C15H10F3N5O/c16-15(17,18)12-5-2-1-4-11(12)13(24)22-10-8-19-14(20-9-10)23-7-3-6-21-23/h1-9H,(H,22,24). The number of alkyl halides is 3. The summed E-state index contributed by atoms with van der Waals surface area (Å²) < 4.78 is 40.2. The second-order valence-electron chi connectivity index (χ2n) is 4.72. The average molecular weight is 333 g/mol. The molecular formula is C15H10F3N5O. The molecule has 0 fully saturated rings. The van der Waals surface area contributed by atoms with E-state index in [1.165, 1.54) is 29.2 Å². The van der Waals surface area contributed by atoms with Crippen molar-refractivity contribution >= 4 is 11.6 Å². The molecule has 1 amide bonds. The van der Waals surface area contributed by atoms with Crippen LogP contribution in [-0.4, -0.2) is 25.7 Å². The van der Waals surface area contributed by atoms with E-state index in [4.69, 9.17) is 0 Å². The molecule has 1 N–H and O–H groups in total. The molecule has 3 aromatic rings. The number of carbonyl (C=O) groups is 1. The van der Waals surface area contributed by atoms with Crippen LogP contribution in [0.5, 0.6) is 0 Å². The van der Waals surface area contributed by atoms with Crippen molar-refractivity contribution in [2.24, 2.45) is 0 Å². The van der Waals surface area contributed by atoms with Gasteiger partial charge in [-0.2, -0.15) is 18.3 Å². The van der Waals surface area contributed by atoms with Crippen LogP contribution in [0.3, 0.4) is 0 Å². The SMILES string of the molecule is O=C(Nc1cnc(-n2cccn2)nc1)c1ccccc1C(F)(F)F. The molecule has 0 saturated carbocycles. The van der Waals surface area contributed by atoms with Gasteiger partial charge in [0.05, 0.1) is 29.2 Å². The number of anilines is 1. The molecule has 6 nitrogen and oxygen atoms in total. The Kier molecular flexibility index (Phi) is 3.98. The van der Waals surface area contributed by atoms with Crippen LogP contribution in [0.2, 0.25) is 0 Å². The first-order chi connectivity index (χ1) is 11.4. The summed E-state index contributed by atoms with van der Waals surface area (Å²) in [7, 11) is 0. The van der Waals surface area contributed by atoms with Crippen LogP contribution >= 0.6 is 0 Å². The quantitative estimate of drug-likeness (QED) is 0.800. The molecule has 2 heterocycles. The summed E-state index contributed by atoms with van der Waals surface area (Å²) in [6.45, 7) is 0. The zero-order chi connectivity index (χ0) is 17.2. The largest absolute Gasteiger partial charge is 0.417 e. The highest BCUT2D eigenvalue weighted by atomic mass is 19.4. The molecule has 1 aromatic carbocycles. The summed E-state index contributed by atoms with van der Waals surface area (Å²) in [6, 6.07) is 6.24. The smallest absolute Gasteiger partial charge is 0.319 e. The second-order valence-corrected chi connectivity index (χ2v) is 4.72. The highest BCUT2D eigenvalue weighted by Gasteiger charge is 2.34. The van der Waals surface area contributed by atoms with Gasteiger partial charge in [0.25, 0.3) is 11.9 Å². The van der Waals surface area contributed by atoms with Gasteiger partial charge in [-0.3, -0.25) is 4.79 Å². The molecule has 9 heteroatoms. The van der Waals surface area contributed by atoms with E-state index in [1.54, 1.807) is 18.5 Å². The predicted molar refractivity (Wildman–Crippen MR) is 78.6 cm³/mol. The van der Waals surface area contributed by atoms with Crippen LogP contribution in [0.25, 0.3) is 5.95 Å². The van der Waals surface area contributed by atoms with Crippen molar-refractivity contribution in [1.82, 2.24) is 19.7 Å². The number of rotatable bonds is 3. The number of nitrogens with zero attached hydrogens (tertiary/aromatic N) is 4. The molecule has 2 aromatic heterocycles. The molecule has 24 heavy (non-hydrogen) atoms. The van der Waals surface area contributed by atoms with Gasteiger partial charge in [-0.05, 0) is 18.2 Å². The topological polar surface area (TPSA) is 72.7 Å². The summed E-state index contributed by atoms with van der Waals surface area (Å²) in [6.07, 6.45) is 1.14. The Morgan fingerprint density at radius 2 is 1.79 bits per heavy atom. The second kappa shape index (κ2) is 6.11. The monoisotopic (exact) mass is 333 g/mol. The van der Waals surface area contributed by atoms with Gasteiger partial charge in [0.1, 0.15) is 0 Å². The average Bonchev–Trinajstić information content (AvgIpc) is 3.09. The third-order valence-electron chi connectivity index (χ3n) is 3.08. The molecule has 0 atom stereocenters. The van der Waals surface area contributed by atoms with E-state index in [1.807, 2.05) is 0 Å².